The molecule has 0 aromatic carbocycles. The average Bonchev–Trinajstić information content (AvgIpc) is 2.57. The Morgan fingerprint density at radius 1 is 0.652 bits per heavy atom. The molecule has 0 saturated carbocycles. The normalized spacial score (nSPS) is 10.9. The Bertz CT molecular complexity index is 238. The number of carbonyl (C=O) groups is 1. The molecule has 137 valence electrons. The number of carbonyl (C=O) groups excluding carboxylic acids is 1. The van der Waals surface area contributed by atoms with Crippen molar-refractivity contribution in [3.05, 3.63) is 6.42 Å². The zero-order chi connectivity index (χ0) is 17.0. The molecular weight excluding hydrogens is 284 g/mol. The first-order valence-electron chi connectivity index (χ1n) is 10.2. The lowest BCUT2D eigenvalue weighted by atomic mass is 10.0. The van der Waals surface area contributed by atoms with Gasteiger partial charge in [0.05, 0.1) is 13.5 Å². The summed E-state index contributed by atoms with van der Waals surface area (Å²) < 4.78 is 4.58. The number of hydrogen-bond acceptors (Lipinski definition) is 2. The minimum atomic E-state index is -0.189. The van der Waals surface area contributed by atoms with Crippen LogP contribution in [-0.4, -0.2) is 13.1 Å². The maximum absolute atomic E-state index is 10.9. The lowest BCUT2D eigenvalue weighted by Gasteiger charge is -2.03. The number of ether oxygens (including phenoxy) is 1. The van der Waals surface area contributed by atoms with Crippen LogP contribution in [0.5, 0.6) is 0 Å². The molecule has 1 radical (unpaired) electrons. The molecule has 0 aliphatic carbocycles. The van der Waals surface area contributed by atoms with E-state index in [0.29, 0.717) is 0 Å². The van der Waals surface area contributed by atoms with E-state index in [4.69, 9.17) is 0 Å². The summed E-state index contributed by atoms with van der Waals surface area (Å²) in [5, 5.41) is 0. The summed E-state index contributed by atoms with van der Waals surface area (Å²) in [5.74, 6) is -0.189. The van der Waals surface area contributed by atoms with Crippen molar-refractivity contribution in [3.63, 3.8) is 0 Å². The summed E-state index contributed by atoms with van der Waals surface area (Å²) in [4.78, 5) is 10.9. The topological polar surface area (TPSA) is 26.3 Å². The first-order valence-corrected chi connectivity index (χ1v) is 10.2. The predicted octanol–water partition coefficient (Wildman–Crippen LogP) is 7.02. The van der Waals surface area contributed by atoms with Crippen LogP contribution in [0.4, 0.5) is 0 Å². The van der Waals surface area contributed by atoms with Crippen molar-refractivity contribution < 1.29 is 9.53 Å². The van der Waals surface area contributed by atoms with Crippen molar-refractivity contribution in [1.29, 1.82) is 0 Å². The van der Waals surface area contributed by atoms with Gasteiger partial charge in [-0.3, -0.25) is 4.79 Å². The maximum Gasteiger partial charge on any atom is 0.309 e. The van der Waals surface area contributed by atoms with Crippen LogP contribution in [0.25, 0.3) is 0 Å². The molecule has 0 atom stereocenters. The van der Waals surface area contributed by atoms with E-state index in [0.717, 1.165) is 12.8 Å². The van der Waals surface area contributed by atoms with Crippen molar-refractivity contribution in [2.24, 2.45) is 0 Å². The molecule has 0 heterocycles. The van der Waals surface area contributed by atoms with Gasteiger partial charge in [-0.2, -0.15) is 0 Å². The molecule has 0 unspecified atom stereocenters. The van der Waals surface area contributed by atoms with Crippen LogP contribution < -0.4 is 0 Å². The standard InChI is InChI=1S/C21H41O2/c1-3-4-5-6-7-8-9-10-11-12-13-14-15-16-17-18-19-20-21(22)23-2/h20H,3-19H2,1-2H3. The monoisotopic (exact) mass is 325 g/mol. The summed E-state index contributed by atoms with van der Waals surface area (Å²) in [6.45, 7) is 2.28. The van der Waals surface area contributed by atoms with Crippen molar-refractivity contribution in [2.75, 3.05) is 7.11 Å². The Labute approximate surface area is 145 Å². The van der Waals surface area contributed by atoms with Gasteiger partial charge in [-0.25, -0.2) is 0 Å². The number of rotatable bonds is 18. The van der Waals surface area contributed by atoms with E-state index >= 15 is 0 Å². The molecule has 0 amide bonds. The van der Waals surface area contributed by atoms with E-state index in [2.05, 4.69) is 11.7 Å². The van der Waals surface area contributed by atoms with E-state index in [1.807, 2.05) is 0 Å². The smallest absolute Gasteiger partial charge is 0.309 e. The second-order valence-corrected chi connectivity index (χ2v) is 6.82. The van der Waals surface area contributed by atoms with Gasteiger partial charge in [-0.1, -0.05) is 110 Å². The Hall–Kier alpha value is -0.530. The fourth-order valence-corrected chi connectivity index (χ4v) is 3.00. The molecule has 0 bridgehead atoms. The van der Waals surface area contributed by atoms with Crippen molar-refractivity contribution in [1.82, 2.24) is 0 Å². The number of methoxy groups -OCH3 is 1. The summed E-state index contributed by atoms with van der Waals surface area (Å²) >= 11 is 0. The maximum atomic E-state index is 10.9. The fourth-order valence-electron chi connectivity index (χ4n) is 3.00. The van der Waals surface area contributed by atoms with E-state index in [1.54, 1.807) is 6.42 Å². The zero-order valence-corrected chi connectivity index (χ0v) is 15.9. The summed E-state index contributed by atoms with van der Waals surface area (Å²) in [7, 11) is 1.44. The van der Waals surface area contributed by atoms with Crippen LogP contribution in [0.15, 0.2) is 0 Å². The molecule has 0 aromatic rings. The van der Waals surface area contributed by atoms with Gasteiger partial charge in [0.2, 0.25) is 0 Å². The van der Waals surface area contributed by atoms with Gasteiger partial charge in [0.15, 0.2) is 0 Å². The molecule has 0 aliphatic rings. The molecule has 23 heavy (non-hydrogen) atoms. The summed E-state index contributed by atoms with van der Waals surface area (Å²) in [6, 6.07) is 0. The molecule has 0 aromatic heterocycles. The number of hydrogen-bond donors (Lipinski definition) is 0. The Morgan fingerprint density at radius 2 is 1.00 bits per heavy atom. The Balaban J connectivity index is 2.99. The Kier molecular flexibility index (Phi) is 19.1. The van der Waals surface area contributed by atoms with Gasteiger partial charge >= 0.3 is 5.97 Å². The third-order valence-electron chi connectivity index (χ3n) is 4.57. The van der Waals surface area contributed by atoms with Gasteiger partial charge in [0.25, 0.3) is 0 Å². The van der Waals surface area contributed by atoms with E-state index < -0.39 is 0 Å². The van der Waals surface area contributed by atoms with Gasteiger partial charge in [-0.15, -0.1) is 0 Å². The van der Waals surface area contributed by atoms with Gasteiger partial charge in [-0.05, 0) is 6.42 Å². The minimum absolute atomic E-state index is 0.189. The van der Waals surface area contributed by atoms with Gasteiger partial charge in [0.1, 0.15) is 0 Å². The average molecular weight is 326 g/mol. The van der Waals surface area contributed by atoms with Crippen LogP contribution >= 0.6 is 0 Å². The first-order chi connectivity index (χ1) is 11.3. The first kappa shape index (κ1) is 22.5. The Morgan fingerprint density at radius 3 is 1.35 bits per heavy atom. The second-order valence-electron chi connectivity index (χ2n) is 6.82. The van der Waals surface area contributed by atoms with Crippen molar-refractivity contribution in [2.45, 2.75) is 116 Å². The highest BCUT2D eigenvalue weighted by Crippen LogP contribution is 2.14. The molecular formula is C21H41O2. The van der Waals surface area contributed by atoms with Crippen LogP contribution in [0.3, 0.4) is 0 Å². The summed E-state index contributed by atoms with van der Waals surface area (Å²) in [6.07, 6.45) is 24.7. The number of unbranched alkanes of at least 4 members (excludes halogenated alkanes) is 16. The van der Waals surface area contributed by atoms with Gasteiger partial charge < -0.3 is 4.74 Å². The van der Waals surface area contributed by atoms with E-state index in [-0.39, 0.29) is 5.97 Å². The molecule has 2 nitrogen and oxygen atoms in total. The molecule has 0 aliphatic heterocycles. The molecule has 0 rings (SSSR count). The van der Waals surface area contributed by atoms with Crippen LogP contribution in [0, 0.1) is 6.42 Å². The van der Waals surface area contributed by atoms with Crippen LogP contribution in [-0.2, 0) is 9.53 Å². The van der Waals surface area contributed by atoms with Crippen molar-refractivity contribution in [3.8, 4) is 0 Å². The third kappa shape index (κ3) is 19.4. The predicted molar refractivity (Wildman–Crippen MR) is 100 cm³/mol. The van der Waals surface area contributed by atoms with Crippen LogP contribution in [0.2, 0.25) is 0 Å². The highest BCUT2D eigenvalue weighted by molar-refractivity contribution is 5.78. The highest BCUT2D eigenvalue weighted by Gasteiger charge is 1.99. The SMILES string of the molecule is CCCCCCCCCCCCCCCCCC[CH]C(=O)OC. The fraction of sp³-hybridized carbons (Fsp3) is 0.905. The highest BCUT2D eigenvalue weighted by atomic mass is 16.5. The lowest BCUT2D eigenvalue weighted by molar-refractivity contribution is -0.136. The zero-order valence-electron chi connectivity index (χ0n) is 15.9. The molecule has 0 N–H and O–H groups in total. The molecule has 2 heteroatoms. The third-order valence-corrected chi connectivity index (χ3v) is 4.57. The molecule has 0 saturated heterocycles. The molecule has 0 fully saturated rings. The van der Waals surface area contributed by atoms with Gasteiger partial charge in [0, 0.05) is 0 Å². The van der Waals surface area contributed by atoms with Crippen molar-refractivity contribution >= 4 is 5.97 Å². The quantitative estimate of drug-likeness (QED) is 0.200. The summed E-state index contributed by atoms with van der Waals surface area (Å²) in [5.41, 5.74) is 0. The van der Waals surface area contributed by atoms with Crippen LogP contribution in [0.1, 0.15) is 116 Å². The largest absolute Gasteiger partial charge is 0.469 e. The van der Waals surface area contributed by atoms with E-state index in [9.17, 15) is 4.79 Å². The minimum Gasteiger partial charge on any atom is -0.469 e. The second kappa shape index (κ2) is 19.5. The molecule has 0 spiro atoms. The number of esters is 1. The lowest BCUT2D eigenvalue weighted by Crippen LogP contribution is -2.00. The van der Waals surface area contributed by atoms with E-state index in [1.165, 1.54) is 103 Å².